The third kappa shape index (κ3) is 4.71. The van der Waals surface area contributed by atoms with Crippen LogP contribution in [0.4, 0.5) is 0 Å². The van der Waals surface area contributed by atoms with Crippen molar-refractivity contribution in [3.63, 3.8) is 0 Å². The number of nitrogens with zero attached hydrogens (tertiary/aromatic N) is 1. The molecule has 1 aromatic carbocycles. The van der Waals surface area contributed by atoms with Crippen molar-refractivity contribution in [3.05, 3.63) is 29.8 Å². The van der Waals surface area contributed by atoms with E-state index >= 15 is 0 Å². The molecule has 1 aliphatic heterocycles. The molecule has 0 atom stereocenters. The molecule has 3 rings (SSSR count). The summed E-state index contributed by atoms with van der Waals surface area (Å²) in [5.41, 5.74) is 0.707. The summed E-state index contributed by atoms with van der Waals surface area (Å²) in [5, 5.41) is 3.00. The van der Waals surface area contributed by atoms with E-state index in [9.17, 15) is 4.79 Å². The molecule has 1 amide bonds. The van der Waals surface area contributed by atoms with Crippen molar-refractivity contribution in [3.8, 4) is 5.75 Å². The Morgan fingerprint density at radius 3 is 2.75 bits per heavy atom. The van der Waals surface area contributed by atoms with Crippen molar-refractivity contribution < 1.29 is 14.3 Å². The first-order valence-electron chi connectivity index (χ1n) is 8.88. The van der Waals surface area contributed by atoms with E-state index in [1.54, 1.807) is 0 Å². The molecular weight excluding hydrogens is 304 g/mol. The summed E-state index contributed by atoms with van der Waals surface area (Å²) in [4.78, 5) is 14.6. The Bertz CT molecular complexity index is 552. The lowest BCUT2D eigenvalue weighted by Gasteiger charge is -2.42. The zero-order chi connectivity index (χ0) is 17.0. The molecule has 1 aromatic rings. The average molecular weight is 332 g/mol. The standard InChI is InChI=1S/C19H28N2O3/c1-19(2)14-23-12-11-21(19)10-9-20-18(22)16-5-7-17(8-6-16)24-13-15-3-4-15/h5-8,15H,3-4,9-14H2,1-2H3,(H,20,22). The first-order chi connectivity index (χ1) is 11.5. The van der Waals surface area contributed by atoms with Crippen molar-refractivity contribution in [2.45, 2.75) is 32.2 Å². The minimum absolute atomic E-state index is 0.0313. The molecule has 1 saturated carbocycles. The zero-order valence-electron chi connectivity index (χ0n) is 14.7. The van der Waals surface area contributed by atoms with Crippen molar-refractivity contribution in [2.24, 2.45) is 5.92 Å². The molecule has 0 radical (unpaired) electrons. The number of nitrogens with one attached hydrogen (secondary N) is 1. The van der Waals surface area contributed by atoms with Crippen LogP contribution in [0.3, 0.4) is 0 Å². The van der Waals surface area contributed by atoms with Gasteiger partial charge in [-0.2, -0.15) is 0 Å². The number of rotatable bonds is 7. The fourth-order valence-electron chi connectivity index (χ4n) is 2.91. The van der Waals surface area contributed by atoms with Crippen LogP contribution in [0.1, 0.15) is 37.0 Å². The van der Waals surface area contributed by atoms with Gasteiger partial charge >= 0.3 is 0 Å². The highest BCUT2D eigenvalue weighted by atomic mass is 16.5. The second kappa shape index (κ2) is 7.53. The van der Waals surface area contributed by atoms with Crippen molar-refractivity contribution in [2.75, 3.05) is 39.5 Å². The van der Waals surface area contributed by atoms with Gasteiger partial charge in [0.1, 0.15) is 5.75 Å². The van der Waals surface area contributed by atoms with Crippen LogP contribution < -0.4 is 10.1 Å². The third-order valence-electron chi connectivity index (χ3n) is 4.78. The summed E-state index contributed by atoms with van der Waals surface area (Å²) in [6, 6.07) is 7.41. The second-order valence-electron chi connectivity index (χ2n) is 7.39. The first-order valence-corrected chi connectivity index (χ1v) is 8.88. The third-order valence-corrected chi connectivity index (χ3v) is 4.78. The summed E-state index contributed by atoms with van der Waals surface area (Å²) >= 11 is 0. The fraction of sp³-hybridized carbons (Fsp3) is 0.632. The fourth-order valence-corrected chi connectivity index (χ4v) is 2.91. The van der Waals surface area contributed by atoms with Crippen LogP contribution in [0, 0.1) is 5.92 Å². The van der Waals surface area contributed by atoms with Gasteiger partial charge < -0.3 is 14.8 Å². The highest BCUT2D eigenvalue weighted by molar-refractivity contribution is 5.94. The lowest BCUT2D eigenvalue weighted by atomic mass is 10.0. The predicted octanol–water partition coefficient (Wildman–Crippen LogP) is 2.32. The Kier molecular flexibility index (Phi) is 5.41. The first kappa shape index (κ1) is 17.2. The average Bonchev–Trinajstić information content (AvgIpc) is 3.39. The summed E-state index contributed by atoms with van der Waals surface area (Å²) in [5.74, 6) is 1.54. The largest absolute Gasteiger partial charge is 0.493 e. The smallest absolute Gasteiger partial charge is 0.251 e. The van der Waals surface area contributed by atoms with E-state index in [0.717, 1.165) is 44.6 Å². The maximum atomic E-state index is 12.2. The molecule has 0 bridgehead atoms. The molecule has 24 heavy (non-hydrogen) atoms. The van der Waals surface area contributed by atoms with E-state index in [1.165, 1.54) is 12.8 Å². The van der Waals surface area contributed by atoms with Gasteiger partial charge in [0.25, 0.3) is 5.91 Å². The molecule has 1 saturated heterocycles. The van der Waals surface area contributed by atoms with Crippen molar-refractivity contribution in [1.29, 1.82) is 0 Å². The number of amides is 1. The van der Waals surface area contributed by atoms with Crippen LogP contribution in [-0.2, 0) is 4.74 Å². The van der Waals surface area contributed by atoms with Gasteiger partial charge in [-0.25, -0.2) is 0 Å². The van der Waals surface area contributed by atoms with Gasteiger partial charge in [-0.05, 0) is 56.9 Å². The molecule has 5 heteroatoms. The molecule has 1 heterocycles. The highest BCUT2D eigenvalue weighted by Gasteiger charge is 2.29. The molecule has 0 spiro atoms. The van der Waals surface area contributed by atoms with Gasteiger partial charge in [-0.3, -0.25) is 9.69 Å². The van der Waals surface area contributed by atoms with Crippen LogP contribution in [0.5, 0.6) is 5.75 Å². The molecule has 0 unspecified atom stereocenters. The Hall–Kier alpha value is -1.59. The zero-order valence-corrected chi connectivity index (χ0v) is 14.7. The highest BCUT2D eigenvalue weighted by Crippen LogP contribution is 2.29. The molecule has 132 valence electrons. The topological polar surface area (TPSA) is 50.8 Å². The number of morpholine rings is 1. The van der Waals surface area contributed by atoms with Crippen LogP contribution in [0.15, 0.2) is 24.3 Å². The number of carbonyl (C=O) groups is 1. The number of ether oxygens (including phenoxy) is 2. The predicted molar refractivity (Wildman–Crippen MR) is 93.5 cm³/mol. The summed E-state index contributed by atoms with van der Waals surface area (Å²) in [6.45, 7) is 9.04. The maximum absolute atomic E-state index is 12.2. The molecule has 2 fully saturated rings. The van der Waals surface area contributed by atoms with Crippen LogP contribution in [-0.4, -0.2) is 55.8 Å². The minimum Gasteiger partial charge on any atom is -0.493 e. The molecule has 2 aliphatic rings. The molecular formula is C19H28N2O3. The van der Waals surface area contributed by atoms with E-state index in [0.29, 0.717) is 12.1 Å². The Morgan fingerprint density at radius 2 is 2.08 bits per heavy atom. The van der Waals surface area contributed by atoms with Crippen LogP contribution >= 0.6 is 0 Å². The summed E-state index contributed by atoms with van der Waals surface area (Å²) < 4.78 is 11.2. The Labute approximate surface area is 144 Å². The molecule has 5 nitrogen and oxygen atoms in total. The van der Waals surface area contributed by atoms with Gasteiger partial charge in [0.15, 0.2) is 0 Å². The van der Waals surface area contributed by atoms with Gasteiger partial charge in [0, 0.05) is 30.7 Å². The van der Waals surface area contributed by atoms with Crippen LogP contribution in [0.25, 0.3) is 0 Å². The van der Waals surface area contributed by atoms with E-state index in [4.69, 9.17) is 9.47 Å². The lowest BCUT2D eigenvalue weighted by Crippen LogP contribution is -2.54. The van der Waals surface area contributed by atoms with E-state index in [1.807, 2.05) is 24.3 Å². The van der Waals surface area contributed by atoms with Crippen molar-refractivity contribution in [1.82, 2.24) is 10.2 Å². The van der Waals surface area contributed by atoms with Crippen LogP contribution in [0.2, 0.25) is 0 Å². The Balaban J connectivity index is 1.42. The quantitative estimate of drug-likeness (QED) is 0.832. The van der Waals surface area contributed by atoms with Gasteiger partial charge in [-0.1, -0.05) is 0 Å². The van der Waals surface area contributed by atoms with E-state index in [-0.39, 0.29) is 11.4 Å². The summed E-state index contributed by atoms with van der Waals surface area (Å²) in [6.07, 6.45) is 2.56. The molecule has 1 aliphatic carbocycles. The van der Waals surface area contributed by atoms with Crippen molar-refractivity contribution >= 4 is 5.91 Å². The maximum Gasteiger partial charge on any atom is 0.251 e. The summed E-state index contributed by atoms with van der Waals surface area (Å²) in [7, 11) is 0. The van der Waals surface area contributed by atoms with E-state index in [2.05, 4.69) is 24.1 Å². The Morgan fingerprint density at radius 1 is 1.33 bits per heavy atom. The lowest BCUT2D eigenvalue weighted by molar-refractivity contribution is -0.0498. The SMILES string of the molecule is CC1(C)COCCN1CCNC(=O)c1ccc(OCC2CC2)cc1. The minimum atomic E-state index is -0.0326. The second-order valence-corrected chi connectivity index (χ2v) is 7.39. The number of carbonyl (C=O) groups excluding carboxylic acids is 1. The molecule has 0 aromatic heterocycles. The number of benzene rings is 1. The van der Waals surface area contributed by atoms with Gasteiger partial charge in [0.2, 0.25) is 0 Å². The normalized spacial score (nSPS) is 20.6. The van der Waals surface area contributed by atoms with Gasteiger partial charge in [0.05, 0.1) is 19.8 Å². The van der Waals surface area contributed by atoms with E-state index < -0.39 is 0 Å². The number of hydrogen-bond donors (Lipinski definition) is 1. The monoisotopic (exact) mass is 332 g/mol. The number of hydrogen-bond acceptors (Lipinski definition) is 4. The van der Waals surface area contributed by atoms with Gasteiger partial charge in [-0.15, -0.1) is 0 Å². The molecule has 1 N–H and O–H groups in total.